The molecule has 4 nitrogen and oxygen atoms in total. The van der Waals surface area contributed by atoms with E-state index in [0.717, 1.165) is 5.92 Å². The van der Waals surface area contributed by atoms with E-state index in [-0.39, 0.29) is 4.88 Å². The van der Waals surface area contributed by atoms with Crippen LogP contribution < -0.4 is 5.32 Å². The Bertz CT molecular complexity index is 346. The SMILES string of the molecule is CC(Nc1ncc(C(=O)O)s1)C1CC1. The molecule has 0 aromatic carbocycles. The summed E-state index contributed by atoms with van der Waals surface area (Å²) < 4.78 is 0. The van der Waals surface area contributed by atoms with E-state index >= 15 is 0 Å². The van der Waals surface area contributed by atoms with Crippen molar-refractivity contribution in [1.29, 1.82) is 0 Å². The fourth-order valence-electron chi connectivity index (χ4n) is 1.35. The van der Waals surface area contributed by atoms with E-state index < -0.39 is 5.97 Å². The largest absolute Gasteiger partial charge is 0.477 e. The Balaban J connectivity index is 1.98. The average Bonchev–Trinajstić information content (AvgIpc) is 2.87. The van der Waals surface area contributed by atoms with Crippen LogP contribution >= 0.6 is 11.3 Å². The smallest absolute Gasteiger partial charge is 0.347 e. The minimum absolute atomic E-state index is 0.287. The highest BCUT2D eigenvalue weighted by Gasteiger charge is 2.28. The lowest BCUT2D eigenvalue weighted by molar-refractivity contribution is 0.0702. The maximum absolute atomic E-state index is 10.6. The maximum Gasteiger partial charge on any atom is 0.347 e. The fourth-order valence-corrected chi connectivity index (χ4v) is 2.10. The number of aromatic nitrogens is 1. The first-order valence-corrected chi connectivity index (χ1v) is 5.44. The third-order valence-corrected chi connectivity index (χ3v) is 3.31. The van der Waals surface area contributed by atoms with Gasteiger partial charge in [-0.2, -0.15) is 0 Å². The number of nitrogens with one attached hydrogen (secondary N) is 1. The van der Waals surface area contributed by atoms with Crippen molar-refractivity contribution in [3.05, 3.63) is 11.1 Å². The average molecular weight is 212 g/mol. The monoisotopic (exact) mass is 212 g/mol. The van der Waals surface area contributed by atoms with Gasteiger partial charge in [0, 0.05) is 6.04 Å². The van der Waals surface area contributed by atoms with Crippen molar-refractivity contribution in [1.82, 2.24) is 4.98 Å². The Hall–Kier alpha value is -1.10. The minimum Gasteiger partial charge on any atom is -0.477 e. The molecule has 1 fully saturated rings. The second-order valence-electron chi connectivity index (χ2n) is 3.61. The van der Waals surface area contributed by atoms with E-state index in [1.54, 1.807) is 0 Å². The van der Waals surface area contributed by atoms with E-state index in [1.807, 2.05) is 0 Å². The highest BCUT2D eigenvalue weighted by molar-refractivity contribution is 7.17. The summed E-state index contributed by atoms with van der Waals surface area (Å²) in [5.41, 5.74) is 0. The zero-order valence-corrected chi connectivity index (χ0v) is 8.67. The van der Waals surface area contributed by atoms with Gasteiger partial charge in [0.1, 0.15) is 4.88 Å². The summed E-state index contributed by atoms with van der Waals surface area (Å²) in [7, 11) is 0. The number of thiazole rings is 1. The number of carboxylic acids is 1. The third-order valence-electron chi connectivity index (χ3n) is 2.40. The summed E-state index contributed by atoms with van der Waals surface area (Å²) in [4.78, 5) is 14.9. The van der Waals surface area contributed by atoms with Gasteiger partial charge >= 0.3 is 5.97 Å². The first kappa shape index (κ1) is 9.45. The summed E-state index contributed by atoms with van der Waals surface area (Å²) in [6, 6.07) is 0.405. The van der Waals surface area contributed by atoms with Crippen molar-refractivity contribution in [2.24, 2.45) is 5.92 Å². The van der Waals surface area contributed by atoms with Gasteiger partial charge in [-0.1, -0.05) is 11.3 Å². The van der Waals surface area contributed by atoms with Gasteiger partial charge < -0.3 is 10.4 Å². The number of rotatable bonds is 4. The predicted molar refractivity (Wildman–Crippen MR) is 54.9 cm³/mol. The Kier molecular flexibility index (Phi) is 2.41. The standard InChI is InChI=1S/C9H12N2O2S/c1-5(6-2-3-6)11-9-10-4-7(14-9)8(12)13/h4-6H,2-3H2,1H3,(H,10,11)(H,12,13). The van der Waals surface area contributed by atoms with Crippen LogP contribution in [0.4, 0.5) is 5.13 Å². The van der Waals surface area contributed by atoms with Crippen molar-refractivity contribution in [2.75, 3.05) is 5.32 Å². The quantitative estimate of drug-likeness (QED) is 0.801. The number of hydrogen-bond donors (Lipinski definition) is 2. The summed E-state index contributed by atoms with van der Waals surface area (Å²) in [6.45, 7) is 2.11. The van der Waals surface area contributed by atoms with Gasteiger partial charge in [0.05, 0.1) is 6.20 Å². The molecule has 0 amide bonds. The lowest BCUT2D eigenvalue weighted by atomic mass is 10.2. The minimum atomic E-state index is -0.908. The number of hydrogen-bond acceptors (Lipinski definition) is 4. The van der Waals surface area contributed by atoms with E-state index in [1.165, 1.54) is 30.4 Å². The van der Waals surface area contributed by atoms with Crippen molar-refractivity contribution in [3.63, 3.8) is 0 Å². The Morgan fingerprint density at radius 3 is 3.00 bits per heavy atom. The van der Waals surface area contributed by atoms with Gasteiger partial charge in [0.15, 0.2) is 5.13 Å². The molecule has 0 radical (unpaired) electrons. The highest BCUT2D eigenvalue weighted by Crippen LogP contribution is 2.34. The zero-order chi connectivity index (χ0) is 10.1. The molecule has 0 bridgehead atoms. The molecule has 1 heterocycles. The van der Waals surface area contributed by atoms with E-state index in [0.29, 0.717) is 11.2 Å². The zero-order valence-electron chi connectivity index (χ0n) is 7.86. The van der Waals surface area contributed by atoms with Crippen LogP contribution in [0, 0.1) is 5.92 Å². The molecule has 1 saturated carbocycles. The Morgan fingerprint density at radius 2 is 2.50 bits per heavy atom. The summed E-state index contributed by atoms with van der Waals surface area (Å²) in [5.74, 6) is -0.165. The van der Waals surface area contributed by atoms with Gasteiger partial charge in [-0.05, 0) is 25.7 Å². The third kappa shape index (κ3) is 2.04. The van der Waals surface area contributed by atoms with Gasteiger partial charge in [-0.3, -0.25) is 0 Å². The van der Waals surface area contributed by atoms with E-state index in [2.05, 4.69) is 17.2 Å². The van der Waals surface area contributed by atoms with Crippen molar-refractivity contribution in [2.45, 2.75) is 25.8 Å². The highest BCUT2D eigenvalue weighted by atomic mass is 32.1. The molecule has 1 atom stereocenters. The van der Waals surface area contributed by atoms with Gasteiger partial charge in [0.25, 0.3) is 0 Å². The molecule has 0 spiro atoms. The number of aromatic carboxylic acids is 1. The van der Waals surface area contributed by atoms with Crippen LogP contribution in [0.3, 0.4) is 0 Å². The lowest BCUT2D eigenvalue weighted by Crippen LogP contribution is -2.16. The van der Waals surface area contributed by atoms with Crippen LogP contribution in [0.5, 0.6) is 0 Å². The molecule has 1 aromatic heterocycles. The molecule has 0 aliphatic heterocycles. The molecule has 14 heavy (non-hydrogen) atoms. The second kappa shape index (κ2) is 3.57. The molecule has 76 valence electrons. The molecule has 1 aliphatic carbocycles. The Labute approximate surface area is 86.0 Å². The van der Waals surface area contributed by atoms with E-state index in [4.69, 9.17) is 5.11 Å². The number of anilines is 1. The van der Waals surface area contributed by atoms with Gasteiger partial charge in [-0.15, -0.1) is 0 Å². The normalized spacial score (nSPS) is 17.8. The molecule has 1 aromatic rings. The predicted octanol–water partition coefficient (Wildman–Crippen LogP) is 2.05. The molecule has 0 saturated heterocycles. The van der Waals surface area contributed by atoms with Crippen LogP contribution in [-0.2, 0) is 0 Å². The van der Waals surface area contributed by atoms with Crippen molar-refractivity contribution >= 4 is 22.4 Å². The number of carboxylic acid groups (broad SMARTS) is 1. The van der Waals surface area contributed by atoms with Gasteiger partial charge in [0.2, 0.25) is 0 Å². The topological polar surface area (TPSA) is 62.2 Å². The van der Waals surface area contributed by atoms with Crippen LogP contribution in [-0.4, -0.2) is 22.1 Å². The first-order valence-electron chi connectivity index (χ1n) is 4.62. The van der Waals surface area contributed by atoms with Crippen LogP contribution in [0.15, 0.2) is 6.20 Å². The molecule has 1 aliphatic rings. The van der Waals surface area contributed by atoms with Crippen molar-refractivity contribution < 1.29 is 9.90 Å². The van der Waals surface area contributed by atoms with Crippen LogP contribution in [0.2, 0.25) is 0 Å². The molecule has 2 N–H and O–H groups in total. The molecular weight excluding hydrogens is 200 g/mol. The summed E-state index contributed by atoms with van der Waals surface area (Å²) >= 11 is 1.19. The summed E-state index contributed by atoms with van der Waals surface area (Å²) in [5, 5.41) is 12.6. The van der Waals surface area contributed by atoms with Crippen LogP contribution in [0.1, 0.15) is 29.4 Å². The Morgan fingerprint density at radius 1 is 1.79 bits per heavy atom. The maximum atomic E-state index is 10.6. The summed E-state index contributed by atoms with van der Waals surface area (Å²) in [6.07, 6.45) is 3.94. The molecule has 1 unspecified atom stereocenters. The number of carbonyl (C=O) groups is 1. The van der Waals surface area contributed by atoms with Gasteiger partial charge in [-0.25, -0.2) is 9.78 Å². The van der Waals surface area contributed by atoms with Crippen molar-refractivity contribution in [3.8, 4) is 0 Å². The fraction of sp³-hybridized carbons (Fsp3) is 0.556. The molecular formula is C9H12N2O2S. The van der Waals surface area contributed by atoms with Crippen LogP contribution in [0.25, 0.3) is 0 Å². The molecule has 5 heteroatoms. The van der Waals surface area contributed by atoms with E-state index in [9.17, 15) is 4.79 Å². The number of nitrogens with zero attached hydrogens (tertiary/aromatic N) is 1. The first-order chi connectivity index (χ1) is 6.66. The molecule has 2 rings (SSSR count). The second-order valence-corrected chi connectivity index (χ2v) is 4.64. The lowest BCUT2D eigenvalue weighted by Gasteiger charge is -2.10.